The van der Waals surface area contributed by atoms with Gasteiger partial charge in [0.1, 0.15) is 0 Å². The van der Waals surface area contributed by atoms with Gasteiger partial charge in [-0.1, -0.05) is 42.5 Å². The van der Waals surface area contributed by atoms with Gasteiger partial charge in [-0.2, -0.15) is 0 Å². The number of hydrogen-bond acceptors (Lipinski definition) is 3. The van der Waals surface area contributed by atoms with Crippen molar-refractivity contribution >= 4 is 11.6 Å². The van der Waals surface area contributed by atoms with Crippen LogP contribution < -0.4 is 5.32 Å². The average Bonchev–Trinajstić information content (AvgIpc) is 3.41. The summed E-state index contributed by atoms with van der Waals surface area (Å²) in [5.74, 6) is 0.570. The summed E-state index contributed by atoms with van der Waals surface area (Å²) in [5, 5.41) is 2.92. The maximum absolute atomic E-state index is 12.5. The Kier molecular flexibility index (Phi) is 5.62. The summed E-state index contributed by atoms with van der Waals surface area (Å²) < 4.78 is 11.1. The molecule has 0 saturated heterocycles. The second-order valence-corrected chi connectivity index (χ2v) is 6.17. The number of anilines is 1. The molecule has 0 aromatic heterocycles. The van der Waals surface area contributed by atoms with Crippen LogP contribution in [0, 0.1) is 5.92 Å². The molecule has 1 aliphatic rings. The molecular formula is C20H23NO3. The molecule has 4 nitrogen and oxygen atoms in total. The Bertz CT molecular complexity index is 668. The van der Waals surface area contributed by atoms with Crippen LogP contribution >= 0.6 is 0 Å². The number of benzene rings is 2. The molecule has 4 heteroatoms. The van der Waals surface area contributed by atoms with Crippen LogP contribution in [0.3, 0.4) is 0 Å². The van der Waals surface area contributed by atoms with E-state index >= 15 is 0 Å². The second-order valence-electron chi connectivity index (χ2n) is 6.17. The van der Waals surface area contributed by atoms with Gasteiger partial charge >= 0.3 is 0 Å². The molecular weight excluding hydrogens is 302 g/mol. The molecule has 1 aliphatic carbocycles. The fourth-order valence-corrected chi connectivity index (χ4v) is 2.60. The van der Waals surface area contributed by atoms with Gasteiger partial charge in [0.25, 0.3) is 5.91 Å². The Morgan fingerprint density at radius 2 is 1.96 bits per heavy atom. The fraction of sp³-hybridized carbons (Fsp3) is 0.350. The summed E-state index contributed by atoms with van der Waals surface area (Å²) in [6, 6.07) is 17.2. The van der Waals surface area contributed by atoms with Crippen LogP contribution in [0.4, 0.5) is 5.69 Å². The van der Waals surface area contributed by atoms with Crippen molar-refractivity contribution in [2.75, 3.05) is 19.0 Å². The third-order valence-corrected chi connectivity index (χ3v) is 4.09. The Balaban J connectivity index is 1.60. The van der Waals surface area contributed by atoms with Gasteiger partial charge in [0.15, 0.2) is 6.10 Å². The third kappa shape index (κ3) is 4.66. The van der Waals surface area contributed by atoms with Crippen LogP contribution in [0.25, 0.3) is 0 Å². The Morgan fingerprint density at radius 1 is 1.17 bits per heavy atom. The minimum atomic E-state index is -0.624. The second kappa shape index (κ2) is 8.08. The van der Waals surface area contributed by atoms with Crippen molar-refractivity contribution in [3.63, 3.8) is 0 Å². The molecule has 1 saturated carbocycles. The number of methoxy groups -OCH3 is 1. The fourth-order valence-electron chi connectivity index (χ4n) is 2.60. The van der Waals surface area contributed by atoms with E-state index in [1.54, 1.807) is 7.11 Å². The van der Waals surface area contributed by atoms with E-state index in [1.165, 1.54) is 12.8 Å². The summed E-state index contributed by atoms with van der Waals surface area (Å²) in [6.07, 6.45) is 1.95. The predicted molar refractivity (Wildman–Crippen MR) is 93.6 cm³/mol. The maximum atomic E-state index is 12.5. The van der Waals surface area contributed by atoms with Gasteiger partial charge in [0.05, 0.1) is 6.61 Å². The van der Waals surface area contributed by atoms with Gasteiger partial charge in [-0.05, 0) is 42.0 Å². The number of amides is 1. The van der Waals surface area contributed by atoms with E-state index in [9.17, 15) is 4.79 Å². The number of carbonyl (C=O) groups excluding carboxylic acids is 1. The number of hydrogen-bond donors (Lipinski definition) is 1. The number of carbonyl (C=O) groups is 1. The van der Waals surface area contributed by atoms with Gasteiger partial charge < -0.3 is 14.8 Å². The Labute approximate surface area is 142 Å². The van der Waals surface area contributed by atoms with Crippen LogP contribution in [0.15, 0.2) is 54.6 Å². The summed E-state index contributed by atoms with van der Waals surface area (Å²) in [4.78, 5) is 12.5. The standard InChI is InChI=1S/C20H23NO3/c1-23-19(17-7-3-2-4-8-17)20(22)21-18-9-5-6-16(12-18)14-24-13-15-10-11-15/h2-9,12,15,19H,10-11,13-14H2,1H3,(H,21,22). The van der Waals surface area contributed by atoms with Crippen LogP contribution in [-0.2, 0) is 20.9 Å². The van der Waals surface area contributed by atoms with E-state index in [1.807, 2.05) is 54.6 Å². The zero-order valence-electron chi connectivity index (χ0n) is 13.9. The van der Waals surface area contributed by atoms with Crippen molar-refractivity contribution in [2.24, 2.45) is 5.92 Å². The first-order valence-electron chi connectivity index (χ1n) is 8.31. The molecule has 0 spiro atoms. The van der Waals surface area contributed by atoms with Crippen molar-refractivity contribution in [2.45, 2.75) is 25.6 Å². The predicted octanol–water partition coefficient (Wildman–Crippen LogP) is 3.94. The smallest absolute Gasteiger partial charge is 0.258 e. The highest BCUT2D eigenvalue weighted by molar-refractivity contribution is 5.94. The Hall–Kier alpha value is -2.17. The van der Waals surface area contributed by atoms with Crippen LogP contribution in [0.2, 0.25) is 0 Å². The van der Waals surface area contributed by atoms with E-state index in [-0.39, 0.29) is 5.91 Å². The normalized spacial score (nSPS) is 15.0. The van der Waals surface area contributed by atoms with Gasteiger partial charge in [-0.15, -0.1) is 0 Å². The van der Waals surface area contributed by atoms with E-state index in [2.05, 4.69) is 5.32 Å². The summed E-state index contributed by atoms with van der Waals surface area (Å²) >= 11 is 0. The SMILES string of the molecule is COC(C(=O)Nc1cccc(COCC2CC2)c1)c1ccccc1. The lowest BCUT2D eigenvalue weighted by Crippen LogP contribution is -2.22. The zero-order valence-corrected chi connectivity index (χ0v) is 13.9. The van der Waals surface area contributed by atoms with Crippen LogP contribution in [0.1, 0.15) is 30.1 Å². The van der Waals surface area contributed by atoms with E-state index in [4.69, 9.17) is 9.47 Å². The van der Waals surface area contributed by atoms with Gasteiger partial charge in [-0.25, -0.2) is 0 Å². The average molecular weight is 325 g/mol. The molecule has 3 rings (SSSR count). The molecule has 1 atom stereocenters. The summed E-state index contributed by atoms with van der Waals surface area (Å²) in [7, 11) is 1.54. The van der Waals surface area contributed by atoms with Crippen molar-refractivity contribution in [3.8, 4) is 0 Å². The molecule has 1 fully saturated rings. The molecule has 0 bridgehead atoms. The molecule has 0 radical (unpaired) electrons. The molecule has 2 aromatic carbocycles. The van der Waals surface area contributed by atoms with E-state index < -0.39 is 6.10 Å². The van der Waals surface area contributed by atoms with Crippen molar-refractivity contribution < 1.29 is 14.3 Å². The highest BCUT2D eigenvalue weighted by Crippen LogP contribution is 2.29. The monoisotopic (exact) mass is 325 g/mol. The molecule has 1 N–H and O–H groups in total. The minimum absolute atomic E-state index is 0.181. The van der Waals surface area contributed by atoms with Crippen molar-refractivity contribution in [3.05, 3.63) is 65.7 Å². The Morgan fingerprint density at radius 3 is 2.67 bits per heavy atom. The van der Waals surface area contributed by atoms with E-state index in [0.29, 0.717) is 6.61 Å². The topological polar surface area (TPSA) is 47.6 Å². The van der Waals surface area contributed by atoms with Crippen molar-refractivity contribution in [1.82, 2.24) is 0 Å². The summed E-state index contributed by atoms with van der Waals surface area (Å²) in [5.41, 5.74) is 2.65. The first kappa shape index (κ1) is 16.7. The van der Waals surface area contributed by atoms with Gasteiger partial charge in [0.2, 0.25) is 0 Å². The lowest BCUT2D eigenvalue weighted by Gasteiger charge is -2.16. The molecule has 0 heterocycles. The number of rotatable bonds is 8. The molecule has 126 valence electrons. The number of ether oxygens (including phenoxy) is 2. The maximum Gasteiger partial charge on any atom is 0.258 e. The quantitative estimate of drug-likeness (QED) is 0.800. The first-order chi connectivity index (χ1) is 11.8. The molecule has 0 aliphatic heterocycles. The largest absolute Gasteiger partial charge is 0.376 e. The van der Waals surface area contributed by atoms with Crippen molar-refractivity contribution in [1.29, 1.82) is 0 Å². The lowest BCUT2D eigenvalue weighted by molar-refractivity contribution is -0.126. The zero-order chi connectivity index (χ0) is 16.8. The first-order valence-corrected chi connectivity index (χ1v) is 8.31. The highest BCUT2D eigenvalue weighted by atomic mass is 16.5. The number of nitrogens with one attached hydrogen (secondary N) is 1. The van der Waals surface area contributed by atoms with Crippen LogP contribution in [-0.4, -0.2) is 19.6 Å². The highest BCUT2D eigenvalue weighted by Gasteiger charge is 2.21. The van der Waals surface area contributed by atoms with Gasteiger partial charge in [0, 0.05) is 19.4 Å². The van der Waals surface area contributed by atoms with E-state index in [0.717, 1.165) is 29.3 Å². The third-order valence-electron chi connectivity index (χ3n) is 4.09. The lowest BCUT2D eigenvalue weighted by atomic mass is 10.1. The molecule has 2 aromatic rings. The van der Waals surface area contributed by atoms with Gasteiger partial charge in [-0.3, -0.25) is 4.79 Å². The van der Waals surface area contributed by atoms with Crippen LogP contribution in [0.5, 0.6) is 0 Å². The summed E-state index contributed by atoms with van der Waals surface area (Å²) in [6.45, 7) is 1.41. The molecule has 24 heavy (non-hydrogen) atoms. The molecule has 1 amide bonds. The minimum Gasteiger partial charge on any atom is -0.376 e. The molecule has 1 unspecified atom stereocenters.